The largest absolute Gasteiger partial charge is 0.480 e. The van der Waals surface area contributed by atoms with E-state index in [9.17, 15) is 68.7 Å². The normalized spacial score (nSPS) is 53.6. The van der Waals surface area contributed by atoms with Gasteiger partial charge in [0.2, 0.25) is 0 Å². The summed E-state index contributed by atoms with van der Waals surface area (Å²) in [5.41, 5.74) is -4.81. The van der Waals surface area contributed by atoms with Crippen molar-refractivity contribution in [2.24, 2.45) is 141 Å². The molecule has 0 aromatic carbocycles. The molecule has 12 rings (SSSR count). The van der Waals surface area contributed by atoms with Gasteiger partial charge >= 0.3 is 17.9 Å². The lowest BCUT2D eigenvalue weighted by Gasteiger charge is -2.52. The molecule has 12 aliphatic rings. The molecule has 14 heteroatoms. The molecule has 6 unspecified atom stereocenters. The highest BCUT2D eigenvalue weighted by Gasteiger charge is 2.75. The Balaban J connectivity index is 0.000000119. The molecule has 0 heterocycles. The van der Waals surface area contributed by atoms with Gasteiger partial charge in [0.05, 0.1) is 12.2 Å². The molecule has 0 aliphatic heterocycles. The minimum Gasteiger partial charge on any atom is -0.480 e. The summed E-state index contributed by atoms with van der Waals surface area (Å²) in [5, 5.41) is 50.3. The molecule has 9 fully saturated rings. The SMILES string of the molecule is C[C@@H]1C=C[C@H](C)[C@H]2C(=O)C3C(C(=O)[C@]12C(=O)O)[C@@H]1C[C@H]3C[C@H]1O.C[C@@H]1C=C[C@H](C)[C@H]2C(=O)C3C(C(=O)[C@]12C(=O)O)[C@@H]1C[C@H]3[C@@H](O)C1.C[C@@H]1C=C[C@H](C)[C@H]2C(=O)C3C(C(=O)[C@]12C(=O)O)[C@H]1CC[C@@H]3C1. The summed E-state index contributed by atoms with van der Waals surface area (Å²) in [7, 11) is 0. The van der Waals surface area contributed by atoms with Crippen LogP contribution in [0.4, 0.5) is 0 Å². The van der Waals surface area contributed by atoms with Crippen LogP contribution < -0.4 is 0 Å². The summed E-state index contributed by atoms with van der Waals surface area (Å²) in [5.74, 6) is -11.0. The fourth-order valence-electron chi connectivity index (χ4n) is 18.5. The Kier molecular flexibility index (Phi) is 11.0. The molecule has 366 valence electrons. The van der Waals surface area contributed by atoms with Crippen LogP contribution in [0.1, 0.15) is 86.5 Å². The first-order valence-corrected chi connectivity index (χ1v) is 25.4. The number of ketones is 6. The van der Waals surface area contributed by atoms with Crippen LogP contribution in [0.2, 0.25) is 0 Å². The van der Waals surface area contributed by atoms with Gasteiger partial charge in [-0.25, -0.2) is 0 Å². The number of Topliss-reactive ketones (excluding diaryl/α,β-unsaturated/α-hetero) is 6. The third kappa shape index (κ3) is 5.67. The number of aliphatic hydroxyl groups is 2. The number of rotatable bonds is 3. The molecular weight excluding hydrogens is 873 g/mol. The molecule has 0 radical (unpaired) electrons. The Morgan fingerprint density at radius 1 is 0.412 bits per heavy atom. The van der Waals surface area contributed by atoms with Crippen molar-refractivity contribution >= 4 is 52.6 Å². The van der Waals surface area contributed by atoms with Crippen LogP contribution in [-0.2, 0) is 43.2 Å². The standard InChI is InChI=1S/2C18H22O5.C18H22O4/c1-7-3-4-8(2)18(17(22)23)14(7)15(20)13-10-5-9(6-11(10)19)12(13)16(18)21;1-7-3-4-8(2)18(17(22)23)14(7)15(20)12-9-5-10(11(19)6-9)13(12)16(18)21;1-8-3-4-9(2)18(17(21)22)14(8)15(19)12-10-5-6-11(7-10)13(12)16(18)20/h2*3-4,7-14,19H,5-6H2,1-2H3,(H,22,23);3-4,8-14H,5-7H2,1-2H3,(H,21,22)/t7-,8+,9+,10-,11-,12?,13?,14-,18-;7-,8+,9-,10+,11+,12?,13?,14-,18-;8-,9+,10+,11-,12?,13?,14-,18-/m000/s1. The van der Waals surface area contributed by atoms with Crippen molar-refractivity contribution < 1.29 is 68.7 Å². The number of carboxylic acid groups (broad SMARTS) is 3. The van der Waals surface area contributed by atoms with Gasteiger partial charge in [-0.2, -0.15) is 0 Å². The molecule has 14 nitrogen and oxygen atoms in total. The summed E-state index contributed by atoms with van der Waals surface area (Å²) in [4.78, 5) is 116. The van der Waals surface area contributed by atoms with E-state index >= 15 is 0 Å². The Labute approximate surface area is 395 Å². The van der Waals surface area contributed by atoms with Crippen molar-refractivity contribution in [3.05, 3.63) is 36.5 Å². The van der Waals surface area contributed by atoms with Gasteiger partial charge < -0.3 is 25.5 Å². The van der Waals surface area contributed by atoms with E-state index in [1.165, 1.54) is 0 Å². The summed E-state index contributed by atoms with van der Waals surface area (Å²) < 4.78 is 0. The number of allylic oxidation sites excluding steroid dienone is 6. The lowest BCUT2D eigenvalue weighted by molar-refractivity contribution is -0.180. The number of fused-ring (bicyclic) bond motifs is 18. The zero-order valence-electron chi connectivity index (χ0n) is 39.6. The predicted molar refractivity (Wildman–Crippen MR) is 239 cm³/mol. The average molecular weight is 939 g/mol. The van der Waals surface area contributed by atoms with Gasteiger partial charge in [0, 0.05) is 53.3 Å². The van der Waals surface area contributed by atoms with E-state index in [0.29, 0.717) is 31.6 Å². The third-order valence-corrected chi connectivity index (χ3v) is 21.3. The number of carboxylic acids is 3. The second-order valence-electron chi connectivity index (χ2n) is 23.8. The van der Waals surface area contributed by atoms with Crippen LogP contribution in [0.3, 0.4) is 0 Å². The number of carbonyl (C=O) groups excluding carboxylic acids is 6. The molecule has 12 aliphatic carbocycles. The van der Waals surface area contributed by atoms with Crippen molar-refractivity contribution in [3.8, 4) is 0 Å². The maximum atomic E-state index is 13.4. The van der Waals surface area contributed by atoms with Gasteiger partial charge in [-0.1, -0.05) is 78.0 Å². The van der Waals surface area contributed by atoms with E-state index in [2.05, 4.69) is 0 Å². The van der Waals surface area contributed by atoms with Crippen LogP contribution >= 0.6 is 0 Å². The summed E-state index contributed by atoms with van der Waals surface area (Å²) in [6.45, 7) is 10.8. The first kappa shape index (κ1) is 47.3. The second-order valence-corrected chi connectivity index (χ2v) is 23.8. The lowest BCUT2D eigenvalue weighted by atomic mass is 9.47. The number of hydrogen-bond acceptors (Lipinski definition) is 11. The number of carbonyl (C=O) groups is 9. The van der Waals surface area contributed by atoms with Crippen LogP contribution in [0.25, 0.3) is 0 Å². The first-order chi connectivity index (χ1) is 32.0. The Morgan fingerprint density at radius 2 is 0.721 bits per heavy atom. The van der Waals surface area contributed by atoms with Gasteiger partial charge in [0.25, 0.3) is 0 Å². The number of aliphatic carboxylic acids is 3. The van der Waals surface area contributed by atoms with Gasteiger partial charge in [-0.15, -0.1) is 0 Å². The zero-order valence-corrected chi connectivity index (χ0v) is 39.6. The van der Waals surface area contributed by atoms with E-state index in [0.717, 1.165) is 19.3 Å². The Bertz CT molecular complexity index is 2400. The van der Waals surface area contributed by atoms with Crippen molar-refractivity contribution in [2.45, 2.75) is 98.7 Å². The Morgan fingerprint density at radius 3 is 1.12 bits per heavy atom. The smallest absolute Gasteiger partial charge is 0.318 e. The Hall–Kier alpha value is -4.43. The monoisotopic (exact) mass is 938 g/mol. The van der Waals surface area contributed by atoms with E-state index in [1.807, 2.05) is 45.1 Å². The molecule has 0 saturated heterocycles. The number of hydrogen-bond donors (Lipinski definition) is 5. The van der Waals surface area contributed by atoms with Gasteiger partial charge in [-0.05, 0) is 116 Å². The topological polar surface area (TPSA) is 255 Å². The molecule has 0 aromatic rings. The van der Waals surface area contributed by atoms with Gasteiger partial charge in [0.1, 0.15) is 33.6 Å². The second kappa shape index (κ2) is 15.8. The molecule has 0 aromatic heterocycles. The van der Waals surface area contributed by atoms with E-state index in [-0.39, 0.29) is 99.8 Å². The minimum atomic E-state index is -1.66. The van der Waals surface area contributed by atoms with Crippen molar-refractivity contribution in [1.82, 2.24) is 0 Å². The van der Waals surface area contributed by atoms with E-state index in [4.69, 9.17) is 0 Å². The van der Waals surface area contributed by atoms with Crippen molar-refractivity contribution in [2.75, 3.05) is 0 Å². The maximum Gasteiger partial charge on any atom is 0.318 e. The van der Waals surface area contributed by atoms with Crippen LogP contribution in [-0.4, -0.2) is 90.3 Å². The summed E-state index contributed by atoms with van der Waals surface area (Å²) >= 11 is 0. The molecule has 6 bridgehead atoms. The molecule has 0 amide bonds. The van der Waals surface area contributed by atoms with Crippen molar-refractivity contribution in [3.63, 3.8) is 0 Å². The van der Waals surface area contributed by atoms with Gasteiger partial charge in [0.15, 0.2) is 17.3 Å². The van der Waals surface area contributed by atoms with Crippen LogP contribution in [0, 0.1) is 141 Å². The zero-order chi connectivity index (χ0) is 49.2. The number of aliphatic hydroxyl groups excluding tert-OH is 2. The highest BCUT2D eigenvalue weighted by molar-refractivity contribution is 6.16. The molecule has 9 saturated carbocycles. The molecule has 5 N–H and O–H groups in total. The molecule has 26 atom stereocenters. The van der Waals surface area contributed by atoms with E-state index < -0.39 is 99.6 Å². The third-order valence-electron chi connectivity index (χ3n) is 21.3. The van der Waals surface area contributed by atoms with Crippen LogP contribution in [0.15, 0.2) is 36.5 Å². The van der Waals surface area contributed by atoms with Crippen LogP contribution in [0.5, 0.6) is 0 Å². The lowest BCUT2D eigenvalue weighted by Crippen LogP contribution is -2.65. The maximum absolute atomic E-state index is 13.4. The highest BCUT2D eigenvalue weighted by Crippen LogP contribution is 2.66. The first-order valence-electron chi connectivity index (χ1n) is 25.4. The average Bonchev–Trinajstić information content (AvgIpc) is 4.16. The highest BCUT2D eigenvalue weighted by atomic mass is 16.4. The van der Waals surface area contributed by atoms with Gasteiger partial charge in [-0.3, -0.25) is 43.2 Å². The van der Waals surface area contributed by atoms with Crippen molar-refractivity contribution in [1.29, 1.82) is 0 Å². The fraction of sp³-hybridized carbons (Fsp3) is 0.722. The summed E-state index contributed by atoms with van der Waals surface area (Å²) in [6, 6.07) is 0. The molecule has 68 heavy (non-hydrogen) atoms. The predicted octanol–water partition coefficient (Wildman–Crippen LogP) is 4.93. The minimum absolute atomic E-state index is 0.0386. The quantitative estimate of drug-likeness (QED) is 0.186. The van der Waals surface area contributed by atoms with E-state index in [1.54, 1.807) is 32.9 Å². The molecular formula is C54H66O14. The fourth-order valence-corrected chi connectivity index (χ4v) is 18.5. The molecule has 0 spiro atoms. The summed E-state index contributed by atoms with van der Waals surface area (Å²) in [6.07, 6.45) is 15.3.